The SMILES string of the molecule is CCCn1ccnc1C(CC1CCC1)NC. The summed E-state index contributed by atoms with van der Waals surface area (Å²) in [5.74, 6) is 2.14. The number of imidazole rings is 1. The molecule has 16 heavy (non-hydrogen) atoms. The van der Waals surface area contributed by atoms with Crippen LogP contribution in [0.15, 0.2) is 12.4 Å². The van der Waals surface area contributed by atoms with Crippen LogP contribution in [-0.2, 0) is 6.54 Å². The Labute approximate surface area is 98.3 Å². The molecule has 1 N–H and O–H groups in total. The lowest BCUT2D eigenvalue weighted by atomic mass is 9.80. The third-order valence-corrected chi connectivity index (χ3v) is 3.67. The monoisotopic (exact) mass is 221 g/mol. The summed E-state index contributed by atoms with van der Waals surface area (Å²) in [5, 5.41) is 3.42. The molecule has 0 saturated heterocycles. The van der Waals surface area contributed by atoms with Crippen LogP contribution in [0, 0.1) is 5.92 Å². The van der Waals surface area contributed by atoms with Crippen LogP contribution in [0.1, 0.15) is 50.9 Å². The van der Waals surface area contributed by atoms with Gasteiger partial charge in [0.1, 0.15) is 5.82 Å². The van der Waals surface area contributed by atoms with E-state index in [1.54, 1.807) is 0 Å². The van der Waals surface area contributed by atoms with Crippen molar-refractivity contribution in [2.24, 2.45) is 5.92 Å². The lowest BCUT2D eigenvalue weighted by molar-refractivity contribution is 0.259. The van der Waals surface area contributed by atoms with Gasteiger partial charge < -0.3 is 9.88 Å². The van der Waals surface area contributed by atoms with Gasteiger partial charge in [-0.25, -0.2) is 4.98 Å². The van der Waals surface area contributed by atoms with Crippen molar-refractivity contribution in [3.8, 4) is 0 Å². The highest BCUT2D eigenvalue weighted by Gasteiger charge is 2.24. The van der Waals surface area contributed by atoms with Crippen molar-refractivity contribution in [1.82, 2.24) is 14.9 Å². The van der Waals surface area contributed by atoms with Gasteiger partial charge in [-0.2, -0.15) is 0 Å². The average molecular weight is 221 g/mol. The molecule has 1 atom stereocenters. The highest BCUT2D eigenvalue weighted by Crippen LogP contribution is 2.34. The summed E-state index contributed by atoms with van der Waals surface area (Å²) in [4.78, 5) is 4.52. The molecule has 0 aromatic carbocycles. The smallest absolute Gasteiger partial charge is 0.125 e. The molecule has 0 aliphatic heterocycles. The molecule has 1 aliphatic rings. The largest absolute Gasteiger partial charge is 0.334 e. The lowest BCUT2D eigenvalue weighted by Crippen LogP contribution is -2.26. The number of nitrogens with zero attached hydrogens (tertiary/aromatic N) is 2. The first-order valence-electron chi connectivity index (χ1n) is 6.53. The first-order chi connectivity index (χ1) is 7.85. The highest BCUT2D eigenvalue weighted by molar-refractivity contribution is 5.00. The normalized spacial score (nSPS) is 18.4. The molecule has 1 fully saturated rings. The van der Waals surface area contributed by atoms with Gasteiger partial charge in [-0.05, 0) is 25.8 Å². The van der Waals surface area contributed by atoms with Crippen LogP contribution in [0.5, 0.6) is 0 Å². The summed E-state index contributed by atoms with van der Waals surface area (Å²) in [5.41, 5.74) is 0. The minimum atomic E-state index is 0.437. The molecule has 0 spiro atoms. The summed E-state index contributed by atoms with van der Waals surface area (Å²) in [7, 11) is 2.05. The minimum absolute atomic E-state index is 0.437. The molecule has 3 heteroatoms. The number of nitrogens with one attached hydrogen (secondary N) is 1. The third-order valence-electron chi connectivity index (χ3n) is 3.67. The Morgan fingerprint density at radius 3 is 2.94 bits per heavy atom. The Morgan fingerprint density at radius 2 is 2.38 bits per heavy atom. The van der Waals surface area contributed by atoms with Gasteiger partial charge in [0.05, 0.1) is 6.04 Å². The zero-order valence-corrected chi connectivity index (χ0v) is 10.4. The Kier molecular flexibility index (Phi) is 3.99. The molecule has 1 heterocycles. The van der Waals surface area contributed by atoms with E-state index in [1.165, 1.54) is 37.9 Å². The Hall–Kier alpha value is -0.830. The maximum absolute atomic E-state index is 4.52. The molecule has 90 valence electrons. The van der Waals surface area contributed by atoms with Crippen molar-refractivity contribution < 1.29 is 0 Å². The van der Waals surface area contributed by atoms with Crippen molar-refractivity contribution in [3.05, 3.63) is 18.2 Å². The highest BCUT2D eigenvalue weighted by atomic mass is 15.1. The van der Waals surface area contributed by atoms with E-state index in [9.17, 15) is 0 Å². The van der Waals surface area contributed by atoms with Crippen molar-refractivity contribution in [2.45, 2.75) is 51.6 Å². The van der Waals surface area contributed by atoms with Gasteiger partial charge in [0.25, 0.3) is 0 Å². The predicted octanol–water partition coefficient (Wildman–Crippen LogP) is 2.74. The van der Waals surface area contributed by atoms with Gasteiger partial charge in [-0.15, -0.1) is 0 Å². The van der Waals surface area contributed by atoms with Gasteiger partial charge in [0.15, 0.2) is 0 Å². The topological polar surface area (TPSA) is 29.9 Å². The van der Waals surface area contributed by atoms with E-state index >= 15 is 0 Å². The molecule has 1 saturated carbocycles. The predicted molar refractivity (Wildman–Crippen MR) is 66.3 cm³/mol. The molecule has 0 amide bonds. The van der Waals surface area contributed by atoms with Crippen LogP contribution in [0.25, 0.3) is 0 Å². The summed E-state index contributed by atoms with van der Waals surface area (Å²) in [6.45, 7) is 3.29. The Bertz CT molecular complexity index is 315. The second-order valence-corrected chi connectivity index (χ2v) is 4.85. The van der Waals surface area contributed by atoms with Gasteiger partial charge in [0.2, 0.25) is 0 Å². The standard InChI is InChI=1S/C13H23N3/c1-3-8-16-9-7-15-13(16)12(14-2)10-11-5-4-6-11/h7,9,11-12,14H,3-6,8,10H2,1-2H3. The van der Waals surface area contributed by atoms with E-state index in [1.807, 2.05) is 13.2 Å². The maximum atomic E-state index is 4.52. The number of hydrogen-bond acceptors (Lipinski definition) is 2. The van der Waals surface area contributed by atoms with E-state index in [0.29, 0.717) is 6.04 Å². The summed E-state index contributed by atoms with van der Waals surface area (Å²) < 4.78 is 2.29. The number of aromatic nitrogens is 2. The van der Waals surface area contributed by atoms with Crippen LogP contribution < -0.4 is 5.32 Å². The molecule has 3 nitrogen and oxygen atoms in total. The molecular weight excluding hydrogens is 198 g/mol. The Balaban J connectivity index is 2.02. The molecule has 1 unspecified atom stereocenters. The Morgan fingerprint density at radius 1 is 1.56 bits per heavy atom. The lowest BCUT2D eigenvalue weighted by Gasteiger charge is -2.29. The van der Waals surface area contributed by atoms with Crippen LogP contribution in [0.3, 0.4) is 0 Å². The zero-order chi connectivity index (χ0) is 11.4. The number of hydrogen-bond donors (Lipinski definition) is 1. The summed E-state index contributed by atoms with van der Waals surface area (Å²) >= 11 is 0. The van der Waals surface area contributed by atoms with Crippen LogP contribution in [0.4, 0.5) is 0 Å². The minimum Gasteiger partial charge on any atom is -0.334 e. The molecule has 1 aromatic rings. The summed E-state index contributed by atoms with van der Waals surface area (Å²) in [6.07, 6.45) is 10.7. The fourth-order valence-electron chi connectivity index (χ4n) is 2.48. The van der Waals surface area contributed by atoms with E-state index < -0.39 is 0 Å². The second kappa shape index (κ2) is 5.48. The van der Waals surface area contributed by atoms with Crippen molar-refractivity contribution in [2.75, 3.05) is 7.05 Å². The van der Waals surface area contributed by atoms with E-state index in [4.69, 9.17) is 0 Å². The molecule has 1 aromatic heterocycles. The molecule has 0 bridgehead atoms. The zero-order valence-electron chi connectivity index (χ0n) is 10.4. The van der Waals surface area contributed by atoms with Gasteiger partial charge in [-0.3, -0.25) is 0 Å². The van der Waals surface area contributed by atoms with Crippen LogP contribution >= 0.6 is 0 Å². The van der Waals surface area contributed by atoms with Gasteiger partial charge in [0, 0.05) is 18.9 Å². The fourth-order valence-corrected chi connectivity index (χ4v) is 2.48. The van der Waals surface area contributed by atoms with E-state index in [0.717, 1.165) is 12.5 Å². The first-order valence-corrected chi connectivity index (χ1v) is 6.53. The maximum Gasteiger partial charge on any atom is 0.125 e. The van der Waals surface area contributed by atoms with Gasteiger partial charge >= 0.3 is 0 Å². The number of aryl methyl sites for hydroxylation is 1. The van der Waals surface area contributed by atoms with Crippen LogP contribution in [0.2, 0.25) is 0 Å². The van der Waals surface area contributed by atoms with Crippen molar-refractivity contribution >= 4 is 0 Å². The summed E-state index contributed by atoms with van der Waals surface area (Å²) in [6, 6.07) is 0.437. The van der Waals surface area contributed by atoms with Crippen molar-refractivity contribution in [1.29, 1.82) is 0 Å². The van der Waals surface area contributed by atoms with E-state index in [2.05, 4.69) is 28.0 Å². The third kappa shape index (κ3) is 2.46. The first kappa shape index (κ1) is 11.6. The second-order valence-electron chi connectivity index (χ2n) is 4.85. The quantitative estimate of drug-likeness (QED) is 0.800. The molecular formula is C13H23N3. The van der Waals surface area contributed by atoms with Gasteiger partial charge in [-0.1, -0.05) is 26.2 Å². The fraction of sp³-hybridized carbons (Fsp3) is 0.769. The molecule has 2 rings (SSSR count). The number of rotatable bonds is 6. The molecule has 0 radical (unpaired) electrons. The van der Waals surface area contributed by atoms with Crippen LogP contribution in [-0.4, -0.2) is 16.6 Å². The van der Waals surface area contributed by atoms with E-state index in [-0.39, 0.29) is 0 Å². The van der Waals surface area contributed by atoms with Crippen molar-refractivity contribution in [3.63, 3.8) is 0 Å². The molecule has 1 aliphatic carbocycles. The average Bonchev–Trinajstić information content (AvgIpc) is 2.66.